The minimum atomic E-state index is -1.05. The number of hydrogen-bond donors (Lipinski definition) is 2. The van der Waals surface area contributed by atoms with Crippen molar-refractivity contribution in [3.05, 3.63) is 34.4 Å². The van der Waals surface area contributed by atoms with E-state index in [9.17, 15) is 19.7 Å². The lowest BCUT2D eigenvalue weighted by Gasteiger charge is -2.36. The second-order valence-electron chi connectivity index (χ2n) is 6.26. The van der Waals surface area contributed by atoms with Crippen LogP contribution in [0.1, 0.15) is 13.8 Å². The van der Waals surface area contributed by atoms with Gasteiger partial charge < -0.3 is 20.2 Å². The van der Waals surface area contributed by atoms with E-state index in [4.69, 9.17) is 5.11 Å². The van der Waals surface area contributed by atoms with Crippen LogP contribution in [0, 0.1) is 16.0 Å². The summed E-state index contributed by atoms with van der Waals surface area (Å²) in [5, 5.41) is 22.4. The van der Waals surface area contributed by atoms with Gasteiger partial charge in [-0.2, -0.15) is 0 Å². The second kappa shape index (κ2) is 7.82. The highest BCUT2D eigenvalue weighted by Gasteiger charge is 2.28. The summed E-state index contributed by atoms with van der Waals surface area (Å²) in [7, 11) is 0. The number of carbonyl (C=O) groups excluding carboxylic acids is 1. The summed E-state index contributed by atoms with van der Waals surface area (Å²) in [4.78, 5) is 37.3. The Labute approximate surface area is 145 Å². The number of non-ortho nitro benzene ring substituents is 1. The Balaban J connectivity index is 1.91. The van der Waals surface area contributed by atoms with Crippen LogP contribution in [0.5, 0.6) is 0 Å². The van der Waals surface area contributed by atoms with Gasteiger partial charge in [0.1, 0.15) is 6.04 Å². The maximum Gasteiger partial charge on any atom is 0.326 e. The second-order valence-corrected chi connectivity index (χ2v) is 6.26. The van der Waals surface area contributed by atoms with Gasteiger partial charge in [0.25, 0.3) is 5.69 Å². The first-order valence-electron chi connectivity index (χ1n) is 8.07. The molecule has 0 aromatic heterocycles. The number of anilines is 1. The van der Waals surface area contributed by atoms with E-state index in [0.29, 0.717) is 26.2 Å². The van der Waals surface area contributed by atoms with E-state index < -0.39 is 16.9 Å². The van der Waals surface area contributed by atoms with Crippen molar-refractivity contribution in [1.82, 2.24) is 10.2 Å². The van der Waals surface area contributed by atoms with Gasteiger partial charge >= 0.3 is 12.0 Å². The van der Waals surface area contributed by atoms with E-state index in [1.165, 1.54) is 12.1 Å². The smallest absolute Gasteiger partial charge is 0.326 e. The van der Waals surface area contributed by atoms with Crippen LogP contribution in [0.25, 0.3) is 0 Å². The highest BCUT2D eigenvalue weighted by Crippen LogP contribution is 2.20. The number of hydrogen-bond acceptors (Lipinski definition) is 5. The fraction of sp³-hybridized carbons (Fsp3) is 0.500. The fourth-order valence-electron chi connectivity index (χ4n) is 2.69. The first kappa shape index (κ1) is 18.5. The van der Waals surface area contributed by atoms with Gasteiger partial charge in [0.05, 0.1) is 4.92 Å². The van der Waals surface area contributed by atoms with Crippen LogP contribution in [-0.4, -0.2) is 59.2 Å². The molecular formula is C16H22N4O5. The molecule has 1 aromatic rings. The summed E-state index contributed by atoms with van der Waals surface area (Å²) in [5.74, 6) is -1.25. The lowest BCUT2D eigenvalue weighted by Crippen LogP contribution is -2.55. The van der Waals surface area contributed by atoms with Crippen molar-refractivity contribution in [1.29, 1.82) is 0 Å². The monoisotopic (exact) mass is 350 g/mol. The molecule has 0 saturated carbocycles. The van der Waals surface area contributed by atoms with Gasteiger partial charge in [-0.15, -0.1) is 0 Å². The first-order valence-corrected chi connectivity index (χ1v) is 8.07. The van der Waals surface area contributed by atoms with Crippen molar-refractivity contribution < 1.29 is 19.6 Å². The molecule has 1 saturated heterocycles. The standard InChI is InChI=1S/C16H22N4O5/c1-11(2)14(15(21)22)17-16(23)19-9-7-18(8-10-19)12-3-5-13(6-4-12)20(24)25/h3-6,11,14H,7-10H2,1-2H3,(H,17,23)(H,21,22). The highest BCUT2D eigenvalue weighted by molar-refractivity contribution is 5.83. The van der Waals surface area contributed by atoms with Crippen molar-refractivity contribution in [3.8, 4) is 0 Å². The average Bonchev–Trinajstić information content (AvgIpc) is 2.59. The molecule has 1 heterocycles. The van der Waals surface area contributed by atoms with Crippen molar-refractivity contribution in [2.75, 3.05) is 31.1 Å². The van der Waals surface area contributed by atoms with Gasteiger partial charge in [0.15, 0.2) is 0 Å². The number of benzene rings is 1. The molecule has 2 N–H and O–H groups in total. The number of nitrogens with zero attached hydrogens (tertiary/aromatic N) is 3. The summed E-state index contributed by atoms with van der Waals surface area (Å²) < 4.78 is 0. The third-order valence-corrected chi connectivity index (χ3v) is 4.20. The Morgan fingerprint density at radius 1 is 1.16 bits per heavy atom. The fourth-order valence-corrected chi connectivity index (χ4v) is 2.69. The van der Waals surface area contributed by atoms with Crippen molar-refractivity contribution in [3.63, 3.8) is 0 Å². The third kappa shape index (κ3) is 4.59. The van der Waals surface area contributed by atoms with Gasteiger partial charge in [0.2, 0.25) is 0 Å². The van der Waals surface area contributed by atoms with Crippen LogP contribution in [0.2, 0.25) is 0 Å². The zero-order valence-corrected chi connectivity index (χ0v) is 14.2. The number of nitro benzene ring substituents is 1. The van der Waals surface area contributed by atoms with Crippen molar-refractivity contribution in [2.24, 2.45) is 5.92 Å². The molecule has 2 rings (SSSR count). The van der Waals surface area contributed by atoms with Crippen LogP contribution in [-0.2, 0) is 4.79 Å². The largest absolute Gasteiger partial charge is 0.480 e. The Hall–Kier alpha value is -2.84. The van der Waals surface area contributed by atoms with Gasteiger partial charge in [-0.1, -0.05) is 13.8 Å². The molecule has 1 aliphatic heterocycles. The van der Waals surface area contributed by atoms with E-state index >= 15 is 0 Å². The molecule has 9 nitrogen and oxygen atoms in total. The maximum absolute atomic E-state index is 12.2. The molecule has 1 aromatic carbocycles. The van der Waals surface area contributed by atoms with Crippen LogP contribution in [0.4, 0.5) is 16.2 Å². The lowest BCUT2D eigenvalue weighted by atomic mass is 10.1. The number of amides is 2. The molecule has 1 aliphatic rings. The third-order valence-electron chi connectivity index (χ3n) is 4.20. The van der Waals surface area contributed by atoms with Gasteiger partial charge in [-0.05, 0) is 18.1 Å². The zero-order valence-electron chi connectivity index (χ0n) is 14.2. The van der Waals surface area contributed by atoms with Crippen LogP contribution in [0.3, 0.4) is 0 Å². The Morgan fingerprint density at radius 3 is 2.16 bits per heavy atom. The summed E-state index contributed by atoms with van der Waals surface area (Å²) in [6, 6.07) is 4.98. The van der Waals surface area contributed by atoms with E-state index in [1.807, 2.05) is 4.90 Å². The number of urea groups is 1. The lowest BCUT2D eigenvalue weighted by molar-refractivity contribution is -0.384. The van der Waals surface area contributed by atoms with Gasteiger partial charge in [-0.25, -0.2) is 9.59 Å². The van der Waals surface area contributed by atoms with E-state index in [1.54, 1.807) is 30.9 Å². The molecule has 1 unspecified atom stereocenters. The summed E-state index contributed by atoms with van der Waals surface area (Å²) in [5.41, 5.74) is 0.895. The van der Waals surface area contributed by atoms with Crippen LogP contribution >= 0.6 is 0 Å². The molecule has 2 amide bonds. The number of aliphatic carboxylic acids is 1. The van der Waals surface area contributed by atoms with Gasteiger partial charge in [0, 0.05) is 44.0 Å². The molecule has 0 aliphatic carbocycles. The quantitative estimate of drug-likeness (QED) is 0.614. The maximum atomic E-state index is 12.2. The molecular weight excluding hydrogens is 328 g/mol. The molecule has 0 bridgehead atoms. The van der Waals surface area contributed by atoms with E-state index in [0.717, 1.165) is 5.69 Å². The first-order chi connectivity index (χ1) is 11.8. The SMILES string of the molecule is CC(C)C(NC(=O)N1CCN(c2ccc([N+](=O)[O-])cc2)CC1)C(=O)O. The molecule has 1 fully saturated rings. The van der Waals surface area contributed by atoms with Gasteiger partial charge in [-0.3, -0.25) is 10.1 Å². The summed E-state index contributed by atoms with van der Waals surface area (Å²) in [6.45, 7) is 5.53. The predicted octanol–water partition coefficient (Wildman–Crippen LogP) is 1.54. The number of piperazine rings is 1. The Bertz CT molecular complexity index is 638. The average molecular weight is 350 g/mol. The van der Waals surface area contributed by atoms with Crippen LogP contribution < -0.4 is 10.2 Å². The normalized spacial score (nSPS) is 15.8. The number of nitro groups is 1. The molecule has 0 radical (unpaired) electrons. The minimum Gasteiger partial charge on any atom is -0.480 e. The molecule has 1 atom stereocenters. The number of carboxylic acid groups (broad SMARTS) is 1. The number of carboxylic acids is 1. The number of carbonyl (C=O) groups is 2. The van der Waals surface area contributed by atoms with Crippen LogP contribution in [0.15, 0.2) is 24.3 Å². The Morgan fingerprint density at radius 2 is 1.72 bits per heavy atom. The number of nitrogens with one attached hydrogen (secondary N) is 1. The Kier molecular flexibility index (Phi) is 5.79. The summed E-state index contributed by atoms with van der Waals surface area (Å²) >= 11 is 0. The predicted molar refractivity (Wildman–Crippen MR) is 91.7 cm³/mol. The van der Waals surface area contributed by atoms with Crippen molar-refractivity contribution >= 4 is 23.4 Å². The molecule has 136 valence electrons. The highest BCUT2D eigenvalue weighted by atomic mass is 16.6. The molecule has 0 spiro atoms. The summed E-state index contributed by atoms with van der Waals surface area (Å²) in [6.07, 6.45) is 0. The molecule has 25 heavy (non-hydrogen) atoms. The van der Waals surface area contributed by atoms with E-state index in [-0.39, 0.29) is 17.6 Å². The van der Waals surface area contributed by atoms with E-state index in [2.05, 4.69) is 5.32 Å². The minimum absolute atomic E-state index is 0.0372. The number of rotatable bonds is 5. The topological polar surface area (TPSA) is 116 Å². The van der Waals surface area contributed by atoms with Crippen molar-refractivity contribution in [2.45, 2.75) is 19.9 Å². The zero-order chi connectivity index (χ0) is 18.6. The molecule has 9 heteroatoms.